The predicted molar refractivity (Wildman–Crippen MR) is 73.0 cm³/mol. The molecular formula is C14H8ClN3. The van der Waals surface area contributed by atoms with Crippen LogP contribution in [0.25, 0.3) is 27.5 Å². The Morgan fingerprint density at radius 3 is 2.67 bits per heavy atom. The lowest BCUT2D eigenvalue weighted by molar-refractivity contribution is 1.21. The summed E-state index contributed by atoms with van der Waals surface area (Å²) < 4.78 is 1.97. The number of fused-ring (bicyclic) bond motifs is 4. The second-order valence-corrected chi connectivity index (χ2v) is 4.57. The zero-order valence-corrected chi connectivity index (χ0v) is 10.1. The molecule has 4 rings (SSSR count). The highest BCUT2D eigenvalue weighted by Gasteiger charge is 2.08. The fourth-order valence-corrected chi connectivity index (χ4v) is 2.54. The SMILES string of the molecule is Clc1nc2cc3ccccc3cc2n2ccnc12. The molecule has 0 saturated heterocycles. The molecule has 4 heteroatoms. The smallest absolute Gasteiger partial charge is 0.175 e. The van der Waals surface area contributed by atoms with Gasteiger partial charge in [-0.2, -0.15) is 0 Å². The Bertz CT molecular complexity index is 895. The number of benzene rings is 2. The molecule has 18 heavy (non-hydrogen) atoms. The largest absolute Gasteiger partial charge is 0.296 e. The van der Waals surface area contributed by atoms with Crippen LogP contribution in [-0.4, -0.2) is 14.4 Å². The first-order chi connectivity index (χ1) is 8.83. The van der Waals surface area contributed by atoms with Crippen LogP contribution in [0.4, 0.5) is 0 Å². The summed E-state index contributed by atoms with van der Waals surface area (Å²) in [6.07, 6.45) is 3.64. The van der Waals surface area contributed by atoms with Gasteiger partial charge in [-0.25, -0.2) is 9.97 Å². The van der Waals surface area contributed by atoms with Crippen LogP contribution in [-0.2, 0) is 0 Å². The third kappa shape index (κ3) is 1.25. The van der Waals surface area contributed by atoms with Gasteiger partial charge in [0.1, 0.15) is 0 Å². The standard InChI is InChI=1S/C14H8ClN3/c15-13-14-16-5-6-18(14)12-8-10-4-2-1-3-9(10)7-11(12)17-13/h1-8H. The summed E-state index contributed by atoms with van der Waals surface area (Å²) >= 11 is 6.13. The van der Waals surface area contributed by atoms with Gasteiger partial charge in [-0.3, -0.25) is 4.40 Å². The number of hydrogen-bond donors (Lipinski definition) is 0. The second-order valence-electron chi connectivity index (χ2n) is 4.21. The first-order valence-electron chi connectivity index (χ1n) is 5.64. The minimum absolute atomic E-state index is 0.433. The van der Waals surface area contributed by atoms with Crippen molar-refractivity contribution in [3.8, 4) is 0 Å². The van der Waals surface area contributed by atoms with Gasteiger partial charge in [-0.05, 0) is 22.9 Å². The Labute approximate surface area is 108 Å². The molecular weight excluding hydrogens is 246 g/mol. The molecule has 0 N–H and O–H groups in total. The number of imidazole rings is 1. The van der Waals surface area contributed by atoms with Gasteiger partial charge in [-0.1, -0.05) is 35.9 Å². The lowest BCUT2D eigenvalue weighted by atomic mass is 10.1. The molecule has 0 spiro atoms. The van der Waals surface area contributed by atoms with E-state index < -0.39 is 0 Å². The number of halogens is 1. The van der Waals surface area contributed by atoms with Crippen LogP contribution >= 0.6 is 11.6 Å². The van der Waals surface area contributed by atoms with E-state index in [1.54, 1.807) is 6.20 Å². The van der Waals surface area contributed by atoms with Crippen molar-refractivity contribution in [1.29, 1.82) is 0 Å². The van der Waals surface area contributed by atoms with Gasteiger partial charge in [-0.15, -0.1) is 0 Å². The average molecular weight is 254 g/mol. The van der Waals surface area contributed by atoms with Crippen LogP contribution in [0.1, 0.15) is 0 Å². The highest BCUT2D eigenvalue weighted by atomic mass is 35.5. The van der Waals surface area contributed by atoms with E-state index in [0.717, 1.165) is 16.4 Å². The van der Waals surface area contributed by atoms with Crippen molar-refractivity contribution in [2.24, 2.45) is 0 Å². The summed E-state index contributed by atoms with van der Waals surface area (Å²) in [6.45, 7) is 0. The predicted octanol–water partition coefficient (Wildman–Crippen LogP) is 3.69. The molecule has 3 nitrogen and oxygen atoms in total. The van der Waals surface area contributed by atoms with Crippen molar-refractivity contribution in [1.82, 2.24) is 14.4 Å². The minimum Gasteiger partial charge on any atom is -0.296 e. The zero-order chi connectivity index (χ0) is 12.1. The number of nitrogens with zero attached hydrogens (tertiary/aromatic N) is 3. The molecule has 0 unspecified atom stereocenters. The molecule has 0 atom stereocenters. The summed E-state index contributed by atoms with van der Waals surface area (Å²) in [5.41, 5.74) is 2.59. The summed E-state index contributed by atoms with van der Waals surface area (Å²) in [5.74, 6) is 0. The number of aromatic nitrogens is 3. The van der Waals surface area contributed by atoms with E-state index >= 15 is 0 Å². The molecule has 0 aliphatic rings. The second kappa shape index (κ2) is 3.43. The lowest BCUT2D eigenvalue weighted by Crippen LogP contribution is -1.92. The molecule has 2 heterocycles. The zero-order valence-electron chi connectivity index (χ0n) is 9.34. The van der Waals surface area contributed by atoms with Crippen LogP contribution in [0, 0.1) is 0 Å². The Morgan fingerprint density at radius 2 is 1.83 bits per heavy atom. The van der Waals surface area contributed by atoms with Gasteiger partial charge in [0, 0.05) is 12.4 Å². The van der Waals surface area contributed by atoms with Crippen LogP contribution in [0.3, 0.4) is 0 Å². The highest BCUT2D eigenvalue weighted by Crippen LogP contribution is 2.25. The molecule has 2 aromatic carbocycles. The summed E-state index contributed by atoms with van der Waals surface area (Å²) in [4.78, 5) is 8.63. The van der Waals surface area contributed by atoms with Crippen molar-refractivity contribution in [3.05, 3.63) is 53.9 Å². The molecule has 0 fully saturated rings. The van der Waals surface area contributed by atoms with Crippen LogP contribution in [0.15, 0.2) is 48.8 Å². The monoisotopic (exact) mass is 253 g/mol. The maximum absolute atomic E-state index is 6.13. The third-order valence-electron chi connectivity index (χ3n) is 3.15. The van der Waals surface area contributed by atoms with E-state index in [4.69, 9.17) is 11.6 Å². The van der Waals surface area contributed by atoms with Crippen molar-refractivity contribution in [3.63, 3.8) is 0 Å². The van der Waals surface area contributed by atoms with E-state index in [9.17, 15) is 0 Å². The summed E-state index contributed by atoms with van der Waals surface area (Å²) in [7, 11) is 0. The molecule has 0 amide bonds. The number of hydrogen-bond acceptors (Lipinski definition) is 2. The van der Waals surface area contributed by atoms with Crippen molar-refractivity contribution < 1.29 is 0 Å². The van der Waals surface area contributed by atoms with Crippen molar-refractivity contribution in [2.75, 3.05) is 0 Å². The minimum atomic E-state index is 0.433. The Morgan fingerprint density at radius 1 is 1.06 bits per heavy atom. The molecule has 0 radical (unpaired) electrons. The Hall–Kier alpha value is -2.13. The Kier molecular flexibility index (Phi) is 1.88. The quantitative estimate of drug-likeness (QED) is 0.448. The highest BCUT2D eigenvalue weighted by molar-refractivity contribution is 6.32. The fourth-order valence-electron chi connectivity index (χ4n) is 2.30. The van der Waals surface area contributed by atoms with E-state index in [1.165, 1.54) is 5.39 Å². The topological polar surface area (TPSA) is 30.2 Å². The maximum atomic E-state index is 6.13. The van der Waals surface area contributed by atoms with E-state index in [-0.39, 0.29) is 0 Å². The summed E-state index contributed by atoms with van der Waals surface area (Å²) in [5, 5.41) is 2.78. The molecule has 2 aromatic heterocycles. The van der Waals surface area contributed by atoms with Crippen molar-refractivity contribution >= 4 is 39.1 Å². The lowest BCUT2D eigenvalue weighted by Gasteiger charge is -2.05. The summed E-state index contributed by atoms with van der Waals surface area (Å²) in [6, 6.07) is 12.4. The van der Waals surface area contributed by atoms with Gasteiger partial charge < -0.3 is 0 Å². The molecule has 0 bridgehead atoms. The van der Waals surface area contributed by atoms with E-state index in [1.807, 2.05) is 22.7 Å². The Balaban J connectivity index is 2.30. The van der Waals surface area contributed by atoms with Crippen molar-refractivity contribution in [2.45, 2.75) is 0 Å². The molecule has 0 aliphatic carbocycles. The van der Waals surface area contributed by atoms with Crippen LogP contribution in [0.2, 0.25) is 5.15 Å². The first-order valence-corrected chi connectivity index (χ1v) is 6.02. The fraction of sp³-hybridized carbons (Fsp3) is 0. The van der Waals surface area contributed by atoms with Crippen LogP contribution < -0.4 is 0 Å². The molecule has 0 aliphatic heterocycles. The van der Waals surface area contributed by atoms with Gasteiger partial charge >= 0.3 is 0 Å². The third-order valence-corrected chi connectivity index (χ3v) is 3.40. The van der Waals surface area contributed by atoms with E-state index in [2.05, 4.69) is 34.2 Å². The average Bonchev–Trinajstić information content (AvgIpc) is 2.87. The van der Waals surface area contributed by atoms with E-state index in [0.29, 0.717) is 10.8 Å². The number of rotatable bonds is 0. The van der Waals surface area contributed by atoms with Gasteiger partial charge in [0.15, 0.2) is 10.8 Å². The molecule has 4 aromatic rings. The van der Waals surface area contributed by atoms with Gasteiger partial charge in [0.05, 0.1) is 11.0 Å². The van der Waals surface area contributed by atoms with Gasteiger partial charge in [0.25, 0.3) is 0 Å². The normalized spacial score (nSPS) is 11.6. The maximum Gasteiger partial charge on any atom is 0.175 e. The molecule has 86 valence electrons. The van der Waals surface area contributed by atoms with Gasteiger partial charge in [0.2, 0.25) is 0 Å². The molecule has 0 saturated carbocycles. The first kappa shape index (κ1) is 9.85. The van der Waals surface area contributed by atoms with Crippen LogP contribution in [0.5, 0.6) is 0 Å².